The number of rotatable bonds is 8. The maximum atomic E-state index is 12.4. The number of esters is 1. The molecule has 0 fully saturated rings. The largest absolute Gasteiger partial charge is 0.466 e. The minimum absolute atomic E-state index is 0.117. The van der Waals surface area contributed by atoms with E-state index in [4.69, 9.17) is 4.74 Å². The van der Waals surface area contributed by atoms with E-state index in [0.717, 1.165) is 18.4 Å². The lowest BCUT2D eigenvalue weighted by atomic mass is 10.0. The number of amides is 1. The van der Waals surface area contributed by atoms with Crippen LogP contribution in [-0.2, 0) is 9.53 Å². The number of ether oxygens (including phenoxy) is 1. The van der Waals surface area contributed by atoms with E-state index in [0.29, 0.717) is 12.2 Å². The molecule has 0 saturated heterocycles. The molecule has 0 heterocycles. The van der Waals surface area contributed by atoms with Crippen LogP contribution in [0.1, 0.15) is 48.1 Å². The highest BCUT2D eigenvalue weighted by Crippen LogP contribution is 2.18. The highest BCUT2D eigenvalue weighted by molar-refractivity contribution is 5.94. The van der Waals surface area contributed by atoms with Crippen molar-refractivity contribution in [2.45, 2.75) is 32.2 Å². The van der Waals surface area contributed by atoms with Crippen LogP contribution in [0.25, 0.3) is 0 Å². The zero-order valence-corrected chi connectivity index (χ0v) is 13.9. The fourth-order valence-electron chi connectivity index (χ4n) is 2.32. The highest BCUT2D eigenvalue weighted by Gasteiger charge is 2.19. The number of hydrogen-bond acceptors (Lipinski definition) is 3. The van der Waals surface area contributed by atoms with Crippen LogP contribution in [0.15, 0.2) is 60.7 Å². The third-order valence-electron chi connectivity index (χ3n) is 3.67. The summed E-state index contributed by atoms with van der Waals surface area (Å²) in [4.78, 5) is 24.5. The first-order valence-corrected chi connectivity index (χ1v) is 8.27. The Morgan fingerprint density at radius 3 is 2.25 bits per heavy atom. The average molecular weight is 325 g/mol. The van der Waals surface area contributed by atoms with Gasteiger partial charge in [0.15, 0.2) is 0 Å². The van der Waals surface area contributed by atoms with Crippen LogP contribution >= 0.6 is 0 Å². The molecule has 0 spiro atoms. The second-order valence-corrected chi connectivity index (χ2v) is 5.58. The third-order valence-corrected chi connectivity index (χ3v) is 3.67. The van der Waals surface area contributed by atoms with Crippen molar-refractivity contribution in [1.82, 2.24) is 5.32 Å². The topological polar surface area (TPSA) is 55.4 Å². The van der Waals surface area contributed by atoms with E-state index in [1.165, 1.54) is 0 Å². The van der Waals surface area contributed by atoms with Gasteiger partial charge in [0.25, 0.3) is 5.91 Å². The first-order valence-electron chi connectivity index (χ1n) is 8.27. The molecule has 1 N–H and O–H groups in total. The number of unbranched alkanes of at least 4 members (excludes halogenated alkanes) is 1. The molecule has 2 aromatic carbocycles. The van der Waals surface area contributed by atoms with Gasteiger partial charge < -0.3 is 10.1 Å². The van der Waals surface area contributed by atoms with Crippen molar-refractivity contribution in [2.75, 3.05) is 6.61 Å². The van der Waals surface area contributed by atoms with E-state index < -0.39 is 6.04 Å². The van der Waals surface area contributed by atoms with Crippen molar-refractivity contribution >= 4 is 11.9 Å². The molecular weight excluding hydrogens is 302 g/mol. The SMILES string of the molecule is CCCCOC(=O)CC(NC(=O)c1ccccc1)c1ccccc1. The van der Waals surface area contributed by atoms with Gasteiger partial charge in [-0.15, -0.1) is 0 Å². The molecule has 0 bridgehead atoms. The fourth-order valence-corrected chi connectivity index (χ4v) is 2.32. The predicted molar refractivity (Wildman–Crippen MR) is 93.6 cm³/mol. The van der Waals surface area contributed by atoms with Crippen molar-refractivity contribution in [1.29, 1.82) is 0 Å². The second kappa shape index (κ2) is 9.50. The van der Waals surface area contributed by atoms with Gasteiger partial charge >= 0.3 is 5.97 Å². The number of benzene rings is 2. The summed E-state index contributed by atoms with van der Waals surface area (Å²) in [5, 5.41) is 2.93. The highest BCUT2D eigenvalue weighted by atomic mass is 16.5. The molecular formula is C20H23NO3. The lowest BCUT2D eigenvalue weighted by molar-refractivity contribution is -0.144. The number of hydrogen-bond donors (Lipinski definition) is 1. The summed E-state index contributed by atoms with van der Waals surface area (Å²) in [5.74, 6) is -0.503. The van der Waals surface area contributed by atoms with Crippen LogP contribution in [0.4, 0.5) is 0 Å². The number of carbonyl (C=O) groups is 2. The molecule has 0 aliphatic heterocycles. The maximum Gasteiger partial charge on any atom is 0.308 e. The van der Waals surface area contributed by atoms with Gasteiger partial charge in [0, 0.05) is 5.56 Å². The number of nitrogens with one attached hydrogen (secondary N) is 1. The first kappa shape index (κ1) is 17.7. The zero-order valence-electron chi connectivity index (χ0n) is 13.9. The molecule has 24 heavy (non-hydrogen) atoms. The molecule has 1 unspecified atom stereocenters. The Morgan fingerprint density at radius 2 is 1.62 bits per heavy atom. The summed E-state index contributed by atoms with van der Waals surface area (Å²) in [5.41, 5.74) is 1.45. The Hall–Kier alpha value is -2.62. The van der Waals surface area contributed by atoms with Gasteiger partial charge in [-0.1, -0.05) is 61.9 Å². The molecule has 0 aliphatic carbocycles. The Labute approximate surface area is 142 Å². The summed E-state index contributed by atoms with van der Waals surface area (Å²) in [7, 11) is 0. The fraction of sp³-hybridized carbons (Fsp3) is 0.300. The molecule has 0 saturated carbocycles. The minimum Gasteiger partial charge on any atom is -0.466 e. The van der Waals surface area contributed by atoms with E-state index in [2.05, 4.69) is 5.32 Å². The van der Waals surface area contributed by atoms with E-state index in [1.807, 2.05) is 55.5 Å². The van der Waals surface area contributed by atoms with E-state index in [1.54, 1.807) is 12.1 Å². The summed E-state index contributed by atoms with van der Waals surface area (Å²) in [6.45, 7) is 2.46. The monoisotopic (exact) mass is 325 g/mol. The normalized spacial score (nSPS) is 11.5. The van der Waals surface area contributed by atoms with Crippen LogP contribution < -0.4 is 5.32 Å². The summed E-state index contributed by atoms with van der Waals surface area (Å²) in [6.07, 6.45) is 1.94. The van der Waals surface area contributed by atoms with Gasteiger partial charge in [-0.05, 0) is 24.1 Å². The lowest BCUT2D eigenvalue weighted by Gasteiger charge is -2.18. The Balaban J connectivity index is 2.06. The van der Waals surface area contributed by atoms with Crippen molar-refractivity contribution in [3.63, 3.8) is 0 Å². The zero-order chi connectivity index (χ0) is 17.2. The maximum absolute atomic E-state index is 12.4. The van der Waals surface area contributed by atoms with Crippen molar-refractivity contribution in [3.05, 3.63) is 71.8 Å². The van der Waals surface area contributed by atoms with E-state index in [9.17, 15) is 9.59 Å². The standard InChI is InChI=1S/C20H23NO3/c1-2-3-14-24-19(22)15-18(16-10-6-4-7-11-16)21-20(23)17-12-8-5-9-13-17/h4-13,18H,2-3,14-15H2,1H3,(H,21,23). The minimum atomic E-state index is -0.409. The van der Waals surface area contributed by atoms with Gasteiger partial charge in [-0.3, -0.25) is 9.59 Å². The average Bonchev–Trinajstić information content (AvgIpc) is 2.63. The molecule has 2 rings (SSSR count). The van der Waals surface area contributed by atoms with Crippen LogP contribution in [0.2, 0.25) is 0 Å². The molecule has 126 valence electrons. The molecule has 2 aromatic rings. The van der Waals surface area contributed by atoms with Gasteiger partial charge in [-0.2, -0.15) is 0 Å². The Morgan fingerprint density at radius 1 is 1.00 bits per heavy atom. The van der Waals surface area contributed by atoms with Crippen LogP contribution in [0, 0.1) is 0 Å². The quantitative estimate of drug-likeness (QED) is 0.592. The number of carbonyl (C=O) groups excluding carboxylic acids is 2. The smallest absolute Gasteiger partial charge is 0.308 e. The molecule has 4 heteroatoms. The molecule has 0 aliphatic rings. The summed E-state index contributed by atoms with van der Waals surface area (Å²) in [6, 6.07) is 18.0. The second-order valence-electron chi connectivity index (χ2n) is 5.58. The Kier molecular flexibility index (Phi) is 7.02. The van der Waals surface area contributed by atoms with Crippen molar-refractivity contribution in [2.24, 2.45) is 0 Å². The molecule has 4 nitrogen and oxygen atoms in total. The molecule has 1 atom stereocenters. The van der Waals surface area contributed by atoms with Crippen molar-refractivity contribution in [3.8, 4) is 0 Å². The van der Waals surface area contributed by atoms with E-state index >= 15 is 0 Å². The van der Waals surface area contributed by atoms with Crippen LogP contribution in [-0.4, -0.2) is 18.5 Å². The van der Waals surface area contributed by atoms with Gasteiger partial charge in [0.05, 0.1) is 19.1 Å². The van der Waals surface area contributed by atoms with Crippen molar-refractivity contribution < 1.29 is 14.3 Å². The van der Waals surface area contributed by atoms with E-state index in [-0.39, 0.29) is 18.3 Å². The summed E-state index contributed by atoms with van der Waals surface area (Å²) < 4.78 is 5.23. The van der Waals surface area contributed by atoms with Gasteiger partial charge in [0.2, 0.25) is 0 Å². The molecule has 0 radical (unpaired) electrons. The third kappa shape index (κ3) is 5.54. The van der Waals surface area contributed by atoms with Crippen LogP contribution in [0.5, 0.6) is 0 Å². The van der Waals surface area contributed by atoms with Gasteiger partial charge in [0.1, 0.15) is 0 Å². The van der Waals surface area contributed by atoms with Crippen LogP contribution in [0.3, 0.4) is 0 Å². The van der Waals surface area contributed by atoms with Gasteiger partial charge in [-0.25, -0.2) is 0 Å². The first-order chi connectivity index (χ1) is 11.7. The molecule has 1 amide bonds. The summed E-state index contributed by atoms with van der Waals surface area (Å²) >= 11 is 0. The Bertz CT molecular complexity index is 640. The predicted octanol–water partition coefficient (Wildman–Crippen LogP) is 3.89. The lowest BCUT2D eigenvalue weighted by Crippen LogP contribution is -2.30. The molecule has 0 aromatic heterocycles.